The molecule has 4 heteroatoms. The summed E-state index contributed by atoms with van der Waals surface area (Å²) in [6, 6.07) is 28.2. The fourth-order valence-corrected chi connectivity index (χ4v) is 3.89. The summed E-state index contributed by atoms with van der Waals surface area (Å²) in [7, 11) is 0. The number of aromatic nitrogens is 2. The molecule has 2 aromatic heterocycles. The number of hydrogen-bond donors (Lipinski definition) is 1. The van der Waals surface area contributed by atoms with Gasteiger partial charge in [0.1, 0.15) is 0 Å². The summed E-state index contributed by atoms with van der Waals surface area (Å²) < 4.78 is 0. The maximum atomic E-state index is 12.4. The number of benzene rings is 3. The highest BCUT2D eigenvalue weighted by Crippen LogP contribution is 2.33. The van der Waals surface area contributed by atoms with Crippen LogP contribution in [0.1, 0.15) is 32.6 Å². The predicted octanol–water partition coefficient (Wildman–Crippen LogP) is 6.31. The number of pyridine rings is 2. The molecule has 1 N–H and O–H groups in total. The molecule has 3 aromatic carbocycles. The molecule has 0 saturated carbocycles. The molecule has 5 rings (SSSR count). The summed E-state index contributed by atoms with van der Waals surface area (Å²) in [6.45, 7) is 0. The van der Waals surface area contributed by atoms with E-state index < -0.39 is 5.97 Å². The van der Waals surface area contributed by atoms with Crippen molar-refractivity contribution in [3.05, 3.63) is 144 Å². The van der Waals surface area contributed by atoms with E-state index in [2.05, 4.69) is 33.6 Å². The van der Waals surface area contributed by atoms with Crippen LogP contribution in [0, 0.1) is 23.7 Å². The largest absolute Gasteiger partial charge is 0.478 e. The molecule has 37 heavy (non-hydrogen) atoms. The molecule has 0 atom stereocenters. The van der Waals surface area contributed by atoms with E-state index in [1.165, 1.54) is 0 Å². The lowest BCUT2D eigenvalue weighted by Crippen LogP contribution is -2.03. The number of rotatable bonds is 3. The zero-order chi connectivity index (χ0) is 25.5. The maximum Gasteiger partial charge on any atom is 0.336 e. The second kappa shape index (κ2) is 10.9. The van der Waals surface area contributed by atoms with Gasteiger partial charge in [0.25, 0.3) is 0 Å². The molecule has 0 fully saturated rings. The molecule has 0 aliphatic carbocycles. The van der Waals surface area contributed by atoms with Gasteiger partial charge in [0.15, 0.2) is 0 Å². The molecule has 0 aliphatic heterocycles. The first kappa shape index (κ1) is 23.3. The van der Waals surface area contributed by atoms with Crippen molar-refractivity contribution in [1.82, 2.24) is 9.97 Å². The van der Waals surface area contributed by atoms with Gasteiger partial charge < -0.3 is 5.11 Å². The Bertz CT molecular complexity index is 1550. The van der Waals surface area contributed by atoms with Gasteiger partial charge >= 0.3 is 5.97 Å². The van der Waals surface area contributed by atoms with Gasteiger partial charge in [0.2, 0.25) is 0 Å². The minimum Gasteiger partial charge on any atom is -0.478 e. The topological polar surface area (TPSA) is 63.1 Å². The van der Waals surface area contributed by atoms with Crippen LogP contribution in [0.3, 0.4) is 0 Å². The van der Waals surface area contributed by atoms with Crippen LogP contribution in [-0.4, -0.2) is 21.0 Å². The van der Waals surface area contributed by atoms with Crippen molar-refractivity contribution in [2.75, 3.05) is 0 Å². The Balaban J connectivity index is 1.44. The molecule has 0 bridgehead atoms. The van der Waals surface area contributed by atoms with Crippen molar-refractivity contribution >= 4 is 5.97 Å². The fourth-order valence-electron chi connectivity index (χ4n) is 3.89. The summed E-state index contributed by atoms with van der Waals surface area (Å²) >= 11 is 0. The number of carboxylic acids is 1. The standard InChI is InChI=1S/C33H20N2O2/c36-33(37)32-30(28-12-8-24(9-13-28)4-6-26-16-20-34-21-17-26)2-1-3-31(32)29-14-10-25(11-15-29)5-7-27-18-22-35-23-19-27/h1-3,8-23H,(H,36,37). The molecule has 0 aliphatic rings. The van der Waals surface area contributed by atoms with Crippen molar-refractivity contribution in [3.8, 4) is 45.9 Å². The average Bonchev–Trinajstić information content (AvgIpc) is 2.96. The Hall–Kier alpha value is -5.45. The third-order valence-electron chi connectivity index (χ3n) is 5.73. The van der Waals surface area contributed by atoms with Crippen LogP contribution in [0.2, 0.25) is 0 Å². The van der Waals surface area contributed by atoms with Crippen molar-refractivity contribution in [1.29, 1.82) is 0 Å². The van der Waals surface area contributed by atoms with E-state index in [4.69, 9.17) is 0 Å². The Morgan fingerprint density at radius 1 is 0.514 bits per heavy atom. The highest BCUT2D eigenvalue weighted by Gasteiger charge is 2.17. The highest BCUT2D eigenvalue weighted by molar-refractivity contribution is 6.03. The second-order valence-corrected chi connectivity index (χ2v) is 8.16. The van der Waals surface area contributed by atoms with Gasteiger partial charge in [0.05, 0.1) is 5.56 Å². The van der Waals surface area contributed by atoms with E-state index in [0.717, 1.165) is 33.4 Å². The number of carboxylic acid groups (broad SMARTS) is 1. The molecular formula is C33H20N2O2. The van der Waals surface area contributed by atoms with Crippen molar-refractivity contribution in [2.45, 2.75) is 0 Å². The second-order valence-electron chi connectivity index (χ2n) is 8.16. The first-order chi connectivity index (χ1) is 18.2. The molecule has 0 saturated heterocycles. The lowest BCUT2D eigenvalue weighted by atomic mass is 9.91. The highest BCUT2D eigenvalue weighted by atomic mass is 16.4. The zero-order valence-corrected chi connectivity index (χ0v) is 19.7. The van der Waals surface area contributed by atoms with Gasteiger partial charge in [-0.05, 0) is 70.8 Å². The number of aromatic carboxylic acids is 1. The minimum atomic E-state index is -0.978. The molecular weight excluding hydrogens is 456 g/mol. The molecule has 0 amide bonds. The first-order valence-corrected chi connectivity index (χ1v) is 11.6. The zero-order valence-electron chi connectivity index (χ0n) is 19.7. The molecule has 5 aromatic rings. The molecule has 2 heterocycles. The maximum absolute atomic E-state index is 12.4. The van der Waals surface area contributed by atoms with E-state index in [1.807, 2.05) is 91.0 Å². The van der Waals surface area contributed by atoms with Gasteiger partial charge in [-0.15, -0.1) is 0 Å². The Morgan fingerprint density at radius 3 is 1.22 bits per heavy atom. The average molecular weight is 477 g/mol. The fraction of sp³-hybridized carbons (Fsp3) is 0. The number of carbonyl (C=O) groups is 1. The van der Waals surface area contributed by atoms with E-state index in [0.29, 0.717) is 11.1 Å². The van der Waals surface area contributed by atoms with Gasteiger partial charge in [0, 0.05) is 47.0 Å². The third-order valence-corrected chi connectivity index (χ3v) is 5.73. The van der Waals surface area contributed by atoms with Gasteiger partial charge in [-0.25, -0.2) is 4.79 Å². The molecule has 0 spiro atoms. The molecule has 4 nitrogen and oxygen atoms in total. The van der Waals surface area contributed by atoms with Crippen LogP contribution in [0.4, 0.5) is 0 Å². The van der Waals surface area contributed by atoms with Crippen LogP contribution in [0.25, 0.3) is 22.3 Å². The summed E-state index contributed by atoms with van der Waals surface area (Å²) in [6.07, 6.45) is 6.82. The third kappa shape index (κ3) is 5.62. The van der Waals surface area contributed by atoms with E-state index in [1.54, 1.807) is 24.8 Å². The Morgan fingerprint density at radius 2 is 0.865 bits per heavy atom. The Kier molecular flexibility index (Phi) is 6.84. The van der Waals surface area contributed by atoms with Gasteiger partial charge in [-0.3, -0.25) is 9.97 Å². The van der Waals surface area contributed by atoms with Crippen molar-refractivity contribution in [2.24, 2.45) is 0 Å². The first-order valence-electron chi connectivity index (χ1n) is 11.6. The van der Waals surface area contributed by atoms with Crippen LogP contribution in [0.5, 0.6) is 0 Å². The Labute approximate surface area is 215 Å². The normalized spacial score (nSPS) is 9.95. The van der Waals surface area contributed by atoms with E-state index in [-0.39, 0.29) is 5.56 Å². The lowest BCUT2D eigenvalue weighted by molar-refractivity contribution is 0.0698. The van der Waals surface area contributed by atoms with Gasteiger partial charge in [-0.1, -0.05) is 66.1 Å². The van der Waals surface area contributed by atoms with Crippen molar-refractivity contribution < 1.29 is 9.90 Å². The SMILES string of the molecule is O=C(O)c1c(-c2ccc(C#Cc3ccncc3)cc2)cccc1-c1ccc(C#Cc2ccncc2)cc1. The summed E-state index contributed by atoms with van der Waals surface area (Å²) in [5.41, 5.74) is 6.65. The summed E-state index contributed by atoms with van der Waals surface area (Å²) in [5, 5.41) is 10.1. The smallest absolute Gasteiger partial charge is 0.336 e. The van der Waals surface area contributed by atoms with Crippen molar-refractivity contribution in [3.63, 3.8) is 0 Å². The van der Waals surface area contributed by atoms with Crippen LogP contribution >= 0.6 is 0 Å². The molecule has 0 radical (unpaired) electrons. The van der Waals surface area contributed by atoms with Gasteiger partial charge in [-0.2, -0.15) is 0 Å². The minimum absolute atomic E-state index is 0.258. The van der Waals surface area contributed by atoms with Crippen LogP contribution in [0.15, 0.2) is 116 Å². The van der Waals surface area contributed by atoms with Crippen LogP contribution in [-0.2, 0) is 0 Å². The summed E-state index contributed by atoms with van der Waals surface area (Å²) in [4.78, 5) is 20.4. The summed E-state index contributed by atoms with van der Waals surface area (Å²) in [5.74, 6) is 11.5. The number of hydrogen-bond acceptors (Lipinski definition) is 3. The predicted molar refractivity (Wildman–Crippen MR) is 145 cm³/mol. The molecule has 174 valence electrons. The van der Waals surface area contributed by atoms with E-state index in [9.17, 15) is 9.90 Å². The quantitative estimate of drug-likeness (QED) is 0.310. The van der Waals surface area contributed by atoms with E-state index >= 15 is 0 Å². The monoisotopic (exact) mass is 476 g/mol. The molecule has 0 unspecified atom stereocenters. The van der Waals surface area contributed by atoms with Crippen LogP contribution < -0.4 is 0 Å². The lowest BCUT2D eigenvalue weighted by Gasteiger charge is -2.12. The number of nitrogens with zero attached hydrogens (tertiary/aromatic N) is 2.